The average molecular weight is 240 g/mol. The lowest BCUT2D eigenvalue weighted by Crippen LogP contribution is -2.51. The number of aliphatic carboxylic acids is 1. The summed E-state index contributed by atoms with van der Waals surface area (Å²) in [5.74, 6) is 0.204. The third-order valence-electron chi connectivity index (χ3n) is 3.61. The molecule has 17 heavy (non-hydrogen) atoms. The summed E-state index contributed by atoms with van der Waals surface area (Å²) in [5, 5.41) is 14.5. The van der Waals surface area contributed by atoms with Gasteiger partial charge in [0.2, 0.25) is 0 Å². The molecule has 0 aromatic carbocycles. The van der Waals surface area contributed by atoms with Crippen molar-refractivity contribution >= 4 is 12.0 Å². The Bertz CT molecular complexity index is 309. The van der Waals surface area contributed by atoms with Gasteiger partial charge in [-0.2, -0.15) is 0 Å². The second kappa shape index (κ2) is 4.94. The quantitative estimate of drug-likeness (QED) is 0.678. The van der Waals surface area contributed by atoms with Crippen molar-refractivity contribution in [2.75, 3.05) is 0 Å². The fourth-order valence-electron chi connectivity index (χ4n) is 2.44. The van der Waals surface area contributed by atoms with Crippen molar-refractivity contribution in [3.05, 3.63) is 0 Å². The van der Waals surface area contributed by atoms with Crippen LogP contribution in [-0.4, -0.2) is 29.2 Å². The van der Waals surface area contributed by atoms with E-state index < -0.39 is 5.97 Å². The van der Waals surface area contributed by atoms with E-state index in [1.54, 1.807) is 0 Å². The highest BCUT2D eigenvalue weighted by molar-refractivity contribution is 5.76. The van der Waals surface area contributed by atoms with Crippen LogP contribution in [-0.2, 0) is 4.79 Å². The summed E-state index contributed by atoms with van der Waals surface area (Å²) in [6.07, 6.45) is 4.14. The van der Waals surface area contributed by atoms with Crippen LogP contribution in [0.4, 0.5) is 4.79 Å². The molecule has 0 radical (unpaired) electrons. The molecule has 2 rings (SSSR count). The highest BCUT2D eigenvalue weighted by Gasteiger charge is 2.34. The first-order valence-electron chi connectivity index (χ1n) is 6.33. The van der Waals surface area contributed by atoms with Crippen molar-refractivity contribution in [1.82, 2.24) is 10.6 Å². The van der Waals surface area contributed by atoms with Crippen LogP contribution in [0.2, 0.25) is 0 Å². The maximum Gasteiger partial charge on any atom is 0.315 e. The van der Waals surface area contributed by atoms with Gasteiger partial charge in [0, 0.05) is 12.1 Å². The SMILES string of the molecule is CC1CC(NC(=O)NC(CC(=O)O)C2CC2)C1. The zero-order valence-corrected chi connectivity index (χ0v) is 10.1. The molecule has 2 saturated carbocycles. The Balaban J connectivity index is 1.73. The summed E-state index contributed by atoms with van der Waals surface area (Å²) in [6, 6.07) is -0.139. The number of rotatable bonds is 5. The van der Waals surface area contributed by atoms with Crippen LogP contribution in [0.1, 0.15) is 39.0 Å². The van der Waals surface area contributed by atoms with Gasteiger partial charge in [0.1, 0.15) is 0 Å². The number of carboxylic acids is 1. The molecule has 0 aliphatic heterocycles. The molecular formula is C12H20N2O3. The number of amides is 2. The zero-order chi connectivity index (χ0) is 12.4. The van der Waals surface area contributed by atoms with Crippen LogP contribution >= 0.6 is 0 Å². The molecule has 2 fully saturated rings. The summed E-state index contributed by atoms with van der Waals surface area (Å²) in [7, 11) is 0. The number of carbonyl (C=O) groups excluding carboxylic acids is 1. The van der Waals surface area contributed by atoms with Gasteiger partial charge >= 0.3 is 12.0 Å². The Morgan fingerprint density at radius 3 is 2.47 bits per heavy atom. The van der Waals surface area contributed by atoms with Crippen LogP contribution in [0.5, 0.6) is 0 Å². The van der Waals surface area contributed by atoms with Gasteiger partial charge in [-0.15, -0.1) is 0 Å². The van der Waals surface area contributed by atoms with Gasteiger partial charge in [0.15, 0.2) is 0 Å². The van der Waals surface area contributed by atoms with E-state index in [1.165, 1.54) is 0 Å². The topological polar surface area (TPSA) is 78.4 Å². The number of urea groups is 1. The molecule has 96 valence electrons. The fraction of sp³-hybridized carbons (Fsp3) is 0.833. The summed E-state index contributed by atoms with van der Waals surface area (Å²) in [5.41, 5.74) is 0. The first kappa shape index (κ1) is 12.2. The molecule has 1 atom stereocenters. The average Bonchev–Trinajstić information content (AvgIpc) is 2.96. The maximum absolute atomic E-state index is 11.7. The van der Waals surface area contributed by atoms with Crippen LogP contribution in [0.25, 0.3) is 0 Å². The Morgan fingerprint density at radius 2 is 2.00 bits per heavy atom. The van der Waals surface area contributed by atoms with Gasteiger partial charge in [0.05, 0.1) is 6.42 Å². The molecule has 5 heteroatoms. The molecule has 0 saturated heterocycles. The number of hydrogen-bond donors (Lipinski definition) is 3. The van der Waals surface area contributed by atoms with Gasteiger partial charge in [-0.25, -0.2) is 4.79 Å². The Kier molecular flexibility index (Phi) is 3.54. The van der Waals surface area contributed by atoms with E-state index in [9.17, 15) is 9.59 Å². The van der Waals surface area contributed by atoms with E-state index >= 15 is 0 Å². The lowest BCUT2D eigenvalue weighted by molar-refractivity contribution is -0.137. The van der Waals surface area contributed by atoms with E-state index in [-0.39, 0.29) is 24.5 Å². The first-order chi connectivity index (χ1) is 8.04. The van der Waals surface area contributed by atoms with Gasteiger partial charge in [-0.3, -0.25) is 4.79 Å². The van der Waals surface area contributed by atoms with Crippen LogP contribution in [0.15, 0.2) is 0 Å². The lowest BCUT2D eigenvalue weighted by Gasteiger charge is -2.33. The molecule has 2 aliphatic carbocycles. The number of carbonyl (C=O) groups is 2. The smallest absolute Gasteiger partial charge is 0.315 e. The second-order valence-electron chi connectivity index (χ2n) is 5.43. The highest BCUT2D eigenvalue weighted by Crippen LogP contribution is 2.34. The number of carboxylic acid groups (broad SMARTS) is 1. The molecule has 0 aromatic rings. The Labute approximate surface area is 101 Å². The normalized spacial score (nSPS) is 29.0. The van der Waals surface area contributed by atoms with Crippen molar-refractivity contribution < 1.29 is 14.7 Å². The predicted octanol–water partition coefficient (Wildman–Crippen LogP) is 1.34. The van der Waals surface area contributed by atoms with E-state index in [0.29, 0.717) is 11.8 Å². The molecule has 0 spiro atoms. The van der Waals surface area contributed by atoms with E-state index in [1.807, 2.05) is 0 Å². The molecule has 0 bridgehead atoms. The third-order valence-corrected chi connectivity index (χ3v) is 3.61. The fourth-order valence-corrected chi connectivity index (χ4v) is 2.44. The minimum absolute atomic E-state index is 0.0269. The predicted molar refractivity (Wildman–Crippen MR) is 62.6 cm³/mol. The highest BCUT2D eigenvalue weighted by atomic mass is 16.4. The van der Waals surface area contributed by atoms with Crippen LogP contribution in [0, 0.1) is 11.8 Å². The van der Waals surface area contributed by atoms with Crippen LogP contribution in [0.3, 0.4) is 0 Å². The minimum Gasteiger partial charge on any atom is -0.481 e. The summed E-state index contributed by atoms with van der Waals surface area (Å²) < 4.78 is 0. The summed E-state index contributed by atoms with van der Waals surface area (Å²) in [6.45, 7) is 2.16. The second-order valence-corrected chi connectivity index (χ2v) is 5.43. The monoisotopic (exact) mass is 240 g/mol. The molecule has 5 nitrogen and oxygen atoms in total. The van der Waals surface area contributed by atoms with E-state index in [2.05, 4.69) is 17.6 Å². The van der Waals surface area contributed by atoms with Crippen molar-refractivity contribution in [1.29, 1.82) is 0 Å². The van der Waals surface area contributed by atoms with Crippen LogP contribution < -0.4 is 10.6 Å². The number of hydrogen-bond acceptors (Lipinski definition) is 2. The van der Waals surface area contributed by atoms with Crippen molar-refractivity contribution in [3.8, 4) is 0 Å². The van der Waals surface area contributed by atoms with Crippen molar-refractivity contribution in [2.24, 2.45) is 11.8 Å². The van der Waals surface area contributed by atoms with Gasteiger partial charge in [-0.05, 0) is 37.5 Å². The minimum atomic E-state index is -0.848. The lowest BCUT2D eigenvalue weighted by atomic mass is 9.82. The van der Waals surface area contributed by atoms with Crippen molar-refractivity contribution in [2.45, 2.75) is 51.1 Å². The summed E-state index contributed by atoms with van der Waals surface area (Å²) in [4.78, 5) is 22.3. The first-order valence-corrected chi connectivity index (χ1v) is 6.33. The van der Waals surface area contributed by atoms with Gasteiger partial charge in [-0.1, -0.05) is 6.92 Å². The molecule has 0 aromatic heterocycles. The molecule has 2 aliphatic rings. The third kappa shape index (κ3) is 3.61. The maximum atomic E-state index is 11.7. The van der Waals surface area contributed by atoms with Gasteiger partial charge < -0.3 is 15.7 Å². The van der Waals surface area contributed by atoms with Gasteiger partial charge in [0.25, 0.3) is 0 Å². The standard InChI is InChI=1S/C12H20N2O3/c1-7-4-9(5-7)13-12(17)14-10(6-11(15)16)8-2-3-8/h7-10H,2-6H2,1H3,(H,15,16)(H2,13,14,17). The molecule has 2 amide bonds. The zero-order valence-electron chi connectivity index (χ0n) is 10.1. The van der Waals surface area contributed by atoms with Crippen molar-refractivity contribution in [3.63, 3.8) is 0 Å². The largest absolute Gasteiger partial charge is 0.481 e. The number of nitrogens with one attached hydrogen (secondary N) is 2. The Hall–Kier alpha value is -1.26. The Morgan fingerprint density at radius 1 is 1.35 bits per heavy atom. The summed E-state index contributed by atoms with van der Waals surface area (Å²) >= 11 is 0. The van der Waals surface area contributed by atoms with E-state index in [0.717, 1.165) is 25.7 Å². The molecular weight excluding hydrogens is 220 g/mol. The molecule has 3 N–H and O–H groups in total. The molecule has 1 unspecified atom stereocenters. The van der Waals surface area contributed by atoms with E-state index in [4.69, 9.17) is 5.11 Å². The molecule has 0 heterocycles.